The van der Waals surface area contributed by atoms with Crippen LogP contribution >= 0.6 is 27.9 Å². The van der Waals surface area contributed by atoms with Crippen LogP contribution in [0.25, 0.3) is 22.3 Å². The second kappa shape index (κ2) is 13.2. The SMILES string of the molecule is CC.CC.CNCc1ccc(-c2cc3c(Br)ccnc3n2Sc2ccccc2)cc1C=O. The lowest BCUT2D eigenvalue weighted by Gasteiger charge is -2.11. The Hall–Kier alpha value is -2.41. The second-order valence-electron chi connectivity index (χ2n) is 6.32. The van der Waals surface area contributed by atoms with Crippen LogP contribution in [0.2, 0.25) is 0 Å². The van der Waals surface area contributed by atoms with E-state index in [1.165, 1.54) is 0 Å². The van der Waals surface area contributed by atoms with E-state index in [1.807, 2.05) is 71.1 Å². The molecule has 6 heteroatoms. The van der Waals surface area contributed by atoms with Gasteiger partial charge in [-0.15, -0.1) is 0 Å². The smallest absolute Gasteiger partial charge is 0.151 e. The number of pyridine rings is 1. The van der Waals surface area contributed by atoms with E-state index in [0.717, 1.165) is 43.5 Å². The Morgan fingerprint density at radius 3 is 2.41 bits per heavy atom. The van der Waals surface area contributed by atoms with Gasteiger partial charge >= 0.3 is 0 Å². The molecule has 32 heavy (non-hydrogen) atoms. The summed E-state index contributed by atoms with van der Waals surface area (Å²) in [7, 11) is 1.88. The fourth-order valence-corrected chi connectivity index (χ4v) is 4.53. The normalized spacial score (nSPS) is 10.1. The zero-order valence-corrected chi connectivity index (χ0v) is 21.6. The summed E-state index contributed by atoms with van der Waals surface area (Å²) in [5.74, 6) is 0. The number of aldehydes is 1. The highest BCUT2D eigenvalue weighted by Gasteiger charge is 2.16. The summed E-state index contributed by atoms with van der Waals surface area (Å²) < 4.78 is 3.12. The Morgan fingerprint density at radius 2 is 1.75 bits per heavy atom. The first-order chi connectivity index (χ1) is 15.7. The number of hydrogen-bond acceptors (Lipinski definition) is 4. The minimum atomic E-state index is 0.656. The average molecular weight is 513 g/mol. The van der Waals surface area contributed by atoms with Gasteiger partial charge in [-0.3, -0.25) is 8.77 Å². The molecule has 0 spiro atoms. The molecule has 0 saturated heterocycles. The van der Waals surface area contributed by atoms with Crippen LogP contribution in [0.1, 0.15) is 43.6 Å². The van der Waals surface area contributed by atoms with Gasteiger partial charge in [-0.05, 0) is 76.4 Å². The molecule has 2 heterocycles. The van der Waals surface area contributed by atoms with Gasteiger partial charge in [0.1, 0.15) is 6.29 Å². The van der Waals surface area contributed by atoms with E-state index in [1.54, 1.807) is 18.1 Å². The number of carbonyl (C=O) groups excluding carboxylic acids is 1. The number of benzene rings is 2. The van der Waals surface area contributed by atoms with Crippen LogP contribution in [-0.2, 0) is 6.54 Å². The van der Waals surface area contributed by atoms with Crippen LogP contribution in [-0.4, -0.2) is 22.3 Å². The summed E-state index contributed by atoms with van der Waals surface area (Å²) in [5.41, 5.74) is 4.54. The summed E-state index contributed by atoms with van der Waals surface area (Å²) in [4.78, 5) is 17.4. The average Bonchev–Trinajstić information content (AvgIpc) is 3.22. The third kappa shape index (κ3) is 5.88. The van der Waals surface area contributed by atoms with E-state index in [0.29, 0.717) is 12.1 Å². The largest absolute Gasteiger partial charge is 0.316 e. The predicted octanol–water partition coefficient (Wildman–Crippen LogP) is 7.61. The Bertz CT molecular complexity index is 1140. The maximum absolute atomic E-state index is 11.6. The van der Waals surface area contributed by atoms with Gasteiger partial charge in [0.2, 0.25) is 0 Å². The monoisotopic (exact) mass is 511 g/mol. The first kappa shape index (κ1) is 25.8. The second-order valence-corrected chi connectivity index (χ2v) is 8.19. The highest BCUT2D eigenvalue weighted by molar-refractivity contribution is 9.10. The van der Waals surface area contributed by atoms with Gasteiger partial charge in [0.25, 0.3) is 0 Å². The van der Waals surface area contributed by atoms with Crippen molar-refractivity contribution in [2.24, 2.45) is 0 Å². The molecule has 0 aliphatic carbocycles. The number of rotatable bonds is 6. The van der Waals surface area contributed by atoms with Crippen LogP contribution in [0.15, 0.2) is 76.2 Å². The third-order valence-electron chi connectivity index (χ3n) is 4.48. The van der Waals surface area contributed by atoms with E-state index >= 15 is 0 Å². The zero-order valence-electron chi connectivity index (χ0n) is 19.2. The van der Waals surface area contributed by atoms with Crippen molar-refractivity contribution in [2.75, 3.05) is 7.05 Å². The van der Waals surface area contributed by atoms with Crippen molar-refractivity contribution in [2.45, 2.75) is 39.1 Å². The van der Waals surface area contributed by atoms with Crippen molar-refractivity contribution in [1.29, 1.82) is 0 Å². The summed E-state index contributed by atoms with van der Waals surface area (Å²) in [5, 5.41) is 4.14. The molecule has 0 amide bonds. The molecule has 0 saturated carbocycles. The lowest BCUT2D eigenvalue weighted by Crippen LogP contribution is -2.07. The Morgan fingerprint density at radius 1 is 1.03 bits per heavy atom. The highest BCUT2D eigenvalue weighted by Crippen LogP contribution is 2.37. The number of nitrogens with one attached hydrogen (secondary N) is 1. The van der Waals surface area contributed by atoms with Gasteiger partial charge < -0.3 is 5.32 Å². The van der Waals surface area contributed by atoms with Crippen molar-refractivity contribution < 1.29 is 4.79 Å². The van der Waals surface area contributed by atoms with E-state index in [9.17, 15) is 4.79 Å². The van der Waals surface area contributed by atoms with E-state index in [2.05, 4.69) is 54.5 Å². The third-order valence-corrected chi connectivity index (χ3v) is 6.21. The molecule has 0 atom stereocenters. The minimum absolute atomic E-state index is 0.656. The summed E-state index contributed by atoms with van der Waals surface area (Å²) >= 11 is 5.25. The maximum Gasteiger partial charge on any atom is 0.151 e. The topological polar surface area (TPSA) is 46.9 Å². The molecule has 1 N–H and O–H groups in total. The van der Waals surface area contributed by atoms with Gasteiger partial charge in [-0.1, -0.05) is 58.0 Å². The molecule has 0 fully saturated rings. The van der Waals surface area contributed by atoms with Gasteiger partial charge in [-0.25, -0.2) is 4.98 Å². The quantitative estimate of drug-likeness (QED) is 0.270. The molecule has 4 nitrogen and oxygen atoms in total. The van der Waals surface area contributed by atoms with Crippen molar-refractivity contribution in [3.05, 3.63) is 82.5 Å². The number of halogens is 1. The molecule has 168 valence electrons. The molecule has 0 bridgehead atoms. The first-order valence-electron chi connectivity index (χ1n) is 10.8. The predicted molar refractivity (Wildman–Crippen MR) is 141 cm³/mol. The summed E-state index contributed by atoms with van der Waals surface area (Å²) in [6, 6.07) is 20.3. The number of carbonyl (C=O) groups is 1. The summed E-state index contributed by atoms with van der Waals surface area (Å²) in [6.07, 6.45) is 2.72. The molecule has 4 aromatic rings. The Labute approximate surface area is 203 Å². The van der Waals surface area contributed by atoms with Gasteiger partial charge in [-0.2, -0.15) is 0 Å². The Kier molecular flexibility index (Phi) is 10.7. The van der Waals surface area contributed by atoms with Crippen LogP contribution < -0.4 is 5.32 Å². The minimum Gasteiger partial charge on any atom is -0.316 e. The molecule has 2 aromatic heterocycles. The van der Waals surface area contributed by atoms with E-state index in [4.69, 9.17) is 0 Å². The molecule has 4 rings (SSSR count). The van der Waals surface area contributed by atoms with Gasteiger partial charge in [0.05, 0.1) is 5.69 Å². The van der Waals surface area contributed by atoms with E-state index < -0.39 is 0 Å². The zero-order chi connectivity index (χ0) is 23.5. The number of nitrogens with zero attached hydrogens (tertiary/aromatic N) is 2. The first-order valence-corrected chi connectivity index (χ1v) is 12.4. The van der Waals surface area contributed by atoms with Crippen LogP contribution in [0.5, 0.6) is 0 Å². The number of aromatic nitrogens is 2. The van der Waals surface area contributed by atoms with Crippen LogP contribution in [0.3, 0.4) is 0 Å². The Balaban J connectivity index is 0.000000860. The fraction of sp³-hybridized carbons (Fsp3) is 0.231. The molecule has 0 aliphatic heterocycles. The standard InChI is InChI=1S/C22H18BrN3OS.2C2H6/c1-24-13-16-8-7-15(11-17(16)14-27)21-12-19-20(23)9-10-25-22(19)26(21)28-18-5-3-2-4-6-18;2*1-2/h2-12,14,24H,13H2,1H3;2*1-2H3. The van der Waals surface area contributed by atoms with E-state index in [-0.39, 0.29) is 0 Å². The van der Waals surface area contributed by atoms with Crippen LogP contribution in [0, 0.1) is 0 Å². The molecule has 2 aromatic carbocycles. The molecular formula is C26H30BrN3OS. The molecule has 0 aliphatic rings. The van der Waals surface area contributed by atoms with Crippen LogP contribution in [0.4, 0.5) is 0 Å². The van der Waals surface area contributed by atoms with Gasteiger partial charge in [0.15, 0.2) is 5.65 Å². The molecule has 0 radical (unpaired) electrons. The lowest BCUT2D eigenvalue weighted by atomic mass is 10.0. The maximum atomic E-state index is 11.6. The fourth-order valence-electron chi connectivity index (χ4n) is 3.14. The van der Waals surface area contributed by atoms with Crippen molar-refractivity contribution >= 4 is 45.2 Å². The van der Waals surface area contributed by atoms with Gasteiger partial charge in [0, 0.05) is 33.1 Å². The number of fused-ring (bicyclic) bond motifs is 1. The lowest BCUT2D eigenvalue weighted by molar-refractivity contribution is 0.112. The van der Waals surface area contributed by atoms with Crippen molar-refractivity contribution in [3.63, 3.8) is 0 Å². The van der Waals surface area contributed by atoms with Crippen molar-refractivity contribution in [1.82, 2.24) is 14.3 Å². The summed E-state index contributed by atoms with van der Waals surface area (Å²) in [6.45, 7) is 8.66. The highest BCUT2D eigenvalue weighted by atomic mass is 79.9. The van der Waals surface area contributed by atoms with Crippen molar-refractivity contribution in [3.8, 4) is 11.3 Å². The number of hydrogen-bond donors (Lipinski definition) is 1. The molecular weight excluding hydrogens is 482 g/mol. The molecule has 0 unspecified atom stereocenters.